The van der Waals surface area contributed by atoms with Gasteiger partial charge in [0.15, 0.2) is 0 Å². The lowest BCUT2D eigenvalue weighted by Crippen LogP contribution is -1.93. The average molecular weight is 365 g/mol. The van der Waals surface area contributed by atoms with Gasteiger partial charge in [0, 0.05) is 12.0 Å². The van der Waals surface area contributed by atoms with Crippen LogP contribution in [0, 0.1) is 0 Å². The highest BCUT2D eigenvalue weighted by Gasteiger charge is 1.95. The van der Waals surface area contributed by atoms with Crippen LogP contribution in [0.25, 0.3) is 0 Å². The third-order valence-electron chi connectivity index (χ3n) is 3.41. The van der Waals surface area contributed by atoms with Crippen molar-refractivity contribution < 1.29 is 19.8 Å². The Kier molecular flexibility index (Phi) is 21.1. The Morgan fingerprint density at radius 3 is 1.77 bits per heavy atom. The van der Waals surface area contributed by atoms with Gasteiger partial charge in [-0.3, -0.25) is 4.79 Å². The summed E-state index contributed by atoms with van der Waals surface area (Å²) in [4.78, 5) is 19.9. The van der Waals surface area contributed by atoms with Crippen molar-refractivity contribution in [3.8, 4) is 0 Å². The molecule has 0 saturated carbocycles. The molecule has 4 heteroatoms. The van der Waals surface area contributed by atoms with Gasteiger partial charge >= 0.3 is 11.9 Å². The zero-order valence-corrected chi connectivity index (χ0v) is 16.5. The van der Waals surface area contributed by atoms with Crippen molar-refractivity contribution in [2.45, 2.75) is 78.1 Å². The van der Waals surface area contributed by atoms with E-state index in [1.54, 1.807) is 0 Å². The maximum Gasteiger partial charge on any atom is 0.330 e. The van der Waals surface area contributed by atoms with E-state index in [1.165, 1.54) is 19.8 Å². The summed E-state index contributed by atoms with van der Waals surface area (Å²) in [6, 6.07) is 0. The summed E-state index contributed by atoms with van der Waals surface area (Å²) in [5.41, 5.74) is 0.176. The maximum atomic E-state index is 10.3. The highest BCUT2D eigenvalue weighted by Crippen LogP contribution is 2.07. The summed E-state index contributed by atoms with van der Waals surface area (Å²) in [6.45, 7) is 6.75. The van der Waals surface area contributed by atoms with Crippen LogP contribution in [0.3, 0.4) is 0 Å². The molecule has 0 bridgehead atoms. The number of carboxylic acids is 2. The molecule has 0 rings (SSSR count). The molecule has 4 nitrogen and oxygen atoms in total. The van der Waals surface area contributed by atoms with Crippen molar-refractivity contribution >= 4 is 11.9 Å². The molecule has 0 aromatic carbocycles. The molecule has 0 aromatic rings. The number of rotatable bonds is 14. The van der Waals surface area contributed by atoms with Gasteiger partial charge in [-0.15, -0.1) is 0 Å². The first kappa shape index (κ1) is 26.1. The lowest BCUT2D eigenvalue weighted by atomic mass is 10.1. The summed E-state index contributed by atoms with van der Waals surface area (Å²) in [7, 11) is 0. The van der Waals surface area contributed by atoms with Crippen molar-refractivity contribution in [1.82, 2.24) is 0 Å². The Morgan fingerprint density at radius 2 is 1.27 bits per heavy atom. The van der Waals surface area contributed by atoms with Gasteiger partial charge in [-0.1, -0.05) is 69.2 Å². The summed E-state index contributed by atoms with van der Waals surface area (Å²) >= 11 is 0. The number of hydrogen-bond donors (Lipinski definition) is 2. The topological polar surface area (TPSA) is 74.6 Å². The fourth-order valence-electron chi connectivity index (χ4n) is 1.90. The Hall–Kier alpha value is -2.10. The second kappa shape index (κ2) is 20.9. The zero-order valence-electron chi connectivity index (χ0n) is 16.5. The van der Waals surface area contributed by atoms with Crippen molar-refractivity contribution in [2.24, 2.45) is 0 Å². The van der Waals surface area contributed by atoms with Gasteiger partial charge in [0.2, 0.25) is 0 Å². The highest BCUT2D eigenvalue weighted by molar-refractivity contribution is 5.84. The monoisotopic (exact) mass is 364 g/mol. The molecule has 0 heterocycles. The first-order valence-electron chi connectivity index (χ1n) is 9.47. The average Bonchev–Trinajstić information content (AvgIpc) is 2.58. The molecule has 0 aliphatic carbocycles. The van der Waals surface area contributed by atoms with Crippen LogP contribution in [0.4, 0.5) is 0 Å². The van der Waals surface area contributed by atoms with Crippen LogP contribution in [0.1, 0.15) is 78.1 Å². The molecule has 26 heavy (non-hydrogen) atoms. The van der Waals surface area contributed by atoms with E-state index in [4.69, 9.17) is 10.2 Å². The quantitative estimate of drug-likeness (QED) is 0.215. The summed E-state index contributed by atoms with van der Waals surface area (Å²) < 4.78 is 0. The zero-order chi connectivity index (χ0) is 20.0. The molecule has 0 unspecified atom stereocenters. The third kappa shape index (κ3) is 26.8. The number of carboxylic acid groups (broad SMARTS) is 2. The van der Waals surface area contributed by atoms with Crippen LogP contribution in [0.5, 0.6) is 0 Å². The van der Waals surface area contributed by atoms with Crippen LogP contribution in [0.15, 0.2) is 48.6 Å². The summed E-state index contributed by atoms with van der Waals surface area (Å²) in [5.74, 6) is -1.61. The third-order valence-corrected chi connectivity index (χ3v) is 3.41. The number of hydrogen-bond acceptors (Lipinski definition) is 2. The number of unbranched alkanes of at least 4 members (excludes halogenated alkanes) is 5. The van der Waals surface area contributed by atoms with Crippen molar-refractivity contribution in [3.63, 3.8) is 0 Å². The van der Waals surface area contributed by atoms with E-state index in [2.05, 4.69) is 50.0 Å². The van der Waals surface area contributed by atoms with Crippen LogP contribution < -0.4 is 0 Å². The minimum atomic E-state index is -0.935. The van der Waals surface area contributed by atoms with Crippen LogP contribution in [-0.2, 0) is 9.59 Å². The van der Waals surface area contributed by atoms with E-state index in [0.717, 1.165) is 44.9 Å². The number of allylic oxidation sites excluding steroid dienone is 6. The highest BCUT2D eigenvalue weighted by atomic mass is 16.4. The van der Waals surface area contributed by atoms with E-state index in [1.807, 2.05) is 0 Å². The van der Waals surface area contributed by atoms with E-state index in [9.17, 15) is 9.59 Å². The molecule has 0 amide bonds. The predicted molar refractivity (Wildman–Crippen MR) is 109 cm³/mol. The van der Waals surface area contributed by atoms with E-state index in [-0.39, 0.29) is 5.57 Å². The Bertz CT molecular complexity index is 447. The van der Waals surface area contributed by atoms with Crippen molar-refractivity contribution in [1.29, 1.82) is 0 Å². The molecule has 0 saturated heterocycles. The predicted octanol–water partition coefficient (Wildman–Crippen LogP) is 6.31. The fraction of sp³-hybridized carbons (Fsp3) is 0.545. The van der Waals surface area contributed by atoms with Crippen molar-refractivity contribution in [3.05, 3.63) is 48.6 Å². The van der Waals surface area contributed by atoms with Gasteiger partial charge in [0.1, 0.15) is 0 Å². The normalized spacial score (nSPS) is 11.0. The van der Waals surface area contributed by atoms with E-state index >= 15 is 0 Å². The molecule has 0 aromatic heterocycles. The maximum absolute atomic E-state index is 10.3. The first-order chi connectivity index (χ1) is 12.4. The van der Waals surface area contributed by atoms with Crippen LogP contribution in [-0.4, -0.2) is 22.2 Å². The minimum Gasteiger partial charge on any atom is -0.481 e. The van der Waals surface area contributed by atoms with Gasteiger partial charge < -0.3 is 10.2 Å². The molecule has 0 fully saturated rings. The van der Waals surface area contributed by atoms with Crippen LogP contribution >= 0.6 is 0 Å². The molecule has 2 N–H and O–H groups in total. The van der Waals surface area contributed by atoms with Gasteiger partial charge in [-0.05, 0) is 45.4 Å². The Balaban J connectivity index is 0. The Labute approximate surface area is 159 Å². The van der Waals surface area contributed by atoms with Gasteiger partial charge in [0.25, 0.3) is 0 Å². The first-order valence-corrected chi connectivity index (χ1v) is 9.47. The number of aliphatic carboxylic acids is 2. The van der Waals surface area contributed by atoms with Crippen molar-refractivity contribution in [2.75, 3.05) is 0 Å². The molecule has 0 aliphatic heterocycles. The smallest absolute Gasteiger partial charge is 0.330 e. The van der Waals surface area contributed by atoms with E-state index in [0.29, 0.717) is 6.42 Å². The standard InChI is InChI=1S/C18H30O2.C4H6O2/c1-2-3-4-5-6-7-8-9-10-11-12-13-14-15-16-17-18(19)20;1-3(2)4(5)6/h3-4,6-7,9-10H,2,5,8,11-17H2,1H3,(H,19,20);1H2,2H3,(H,5,6)/b4-3-,7-6-,10-9-;. The Morgan fingerprint density at radius 1 is 0.808 bits per heavy atom. The molecule has 0 atom stereocenters. The lowest BCUT2D eigenvalue weighted by Gasteiger charge is -1.98. The van der Waals surface area contributed by atoms with Gasteiger partial charge in [-0.25, -0.2) is 4.79 Å². The van der Waals surface area contributed by atoms with Crippen LogP contribution in [0.2, 0.25) is 0 Å². The summed E-state index contributed by atoms with van der Waals surface area (Å²) in [5, 5.41) is 16.4. The lowest BCUT2D eigenvalue weighted by molar-refractivity contribution is -0.137. The fourth-order valence-corrected chi connectivity index (χ4v) is 1.90. The molecular formula is C22H36O4. The van der Waals surface area contributed by atoms with E-state index < -0.39 is 11.9 Å². The van der Waals surface area contributed by atoms with Gasteiger partial charge in [-0.2, -0.15) is 0 Å². The SMILES string of the molecule is C=C(C)C(=O)O.CC/C=C\C/C=C\C/C=C\CCCCCCCC(=O)O. The minimum absolute atomic E-state index is 0.176. The van der Waals surface area contributed by atoms with Gasteiger partial charge in [0.05, 0.1) is 0 Å². The molecule has 0 aliphatic rings. The molecular weight excluding hydrogens is 328 g/mol. The summed E-state index contributed by atoms with van der Waals surface area (Å²) in [6.07, 6.45) is 23.4. The molecule has 0 radical (unpaired) electrons. The second-order valence-corrected chi connectivity index (χ2v) is 6.08. The number of carbonyl (C=O) groups is 2. The second-order valence-electron chi connectivity index (χ2n) is 6.08. The molecule has 0 spiro atoms. The molecule has 148 valence electrons. The largest absolute Gasteiger partial charge is 0.481 e.